The van der Waals surface area contributed by atoms with E-state index in [9.17, 15) is 9.59 Å². The van der Waals surface area contributed by atoms with E-state index in [1.54, 1.807) is 13.0 Å². The van der Waals surface area contributed by atoms with Gasteiger partial charge in [-0.05, 0) is 65.3 Å². The predicted octanol–water partition coefficient (Wildman–Crippen LogP) is 8.74. The molecule has 0 aromatic heterocycles. The SMILES string of the molecule is C=C(C)CCC(C)C(=O)OC(=O)C/C=C\C/C=C\C/C=C\C/C=C\C/C=C\C/C=C\CC.CC.CN. The van der Waals surface area contributed by atoms with Crippen LogP contribution in [0.5, 0.6) is 0 Å². The number of rotatable bonds is 17. The molecule has 0 aromatic rings. The molecule has 0 rings (SSSR count). The molecule has 4 heteroatoms. The molecule has 0 amide bonds. The minimum Gasteiger partial charge on any atom is -0.393 e. The highest BCUT2D eigenvalue weighted by Crippen LogP contribution is 2.12. The molecule has 1 unspecified atom stereocenters. The van der Waals surface area contributed by atoms with Crippen molar-refractivity contribution in [3.05, 3.63) is 85.1 Å². The molecular formula is C32H53NO3. The molecule has 0 fully saturated rings. The van der Waals surface area contributed by atoms with E-state index in [-0.39, 0.29) is 12.3 Å². The monoisotopic (exact) mass is 499 g/mol. The van der Waals surface area contributed by atoms with Crippen LogP contribution < -0.4 is 5.73 Å². The fourth-order valence-corrected chi connectivity index (χ4v) is 2.54. The Morgan fingerprint density at radius 3 is 1.47 bits per heavy atom. The van der Waals surface area contributed by atoms with Crippen molar-refractivity contribution >= 4 is 11.9 Å². The highest BCUT2D eigenvalue weighted by molar-refractivity contribution is 5.87. The van der Waals surface area contributed by atoms with Gasteiger partial charge < -0.3 is 10.5 Å². The van der Waals surface area contributed by atoms with Crippen LogP contribution in [0.3, 0.4) is 0 Å². The summed E-state index contributed by atoms with van der Waals surface area (Å²) in [6.45, 7) is 13.7. The molecule has 0 bridgehead atoms. The van der Waals surface area contributed by atoms with E-state index in [2.05, 4.69) is 80.0 Å². The maximum absolute atomic E-state index is 11.8. The van der Waals surface area contributed by atoms with Crippen LogP contribution in [0.1, 0.15) is 92.4 Å². The summed E-state index contributed by atoms with van der Waals surface area (Å²) < 4.78 is 4.88. The highest BCUT2D eigenvalue weighted by atomic mass is 16.6. The van der Waals surface area contributed by atoms with Crippen molar-refractivity contribution < 1.29 is 14.3 Å². The number of carbonyl (C=O) groups is 2. The largest absolute Gasteiger partial charge is 0.393 e. The minimum absolute atomic E-state index is 0.115. The summed E-state index contributed by atoms with van der Waals surface area (Å²) in [5.74, 6) is -1.25. The van der Waals surface area contributed by atoms with E-state index in [0.29, 0.717) is 6.42 Å². The molecule has 36 heavy (non-hydrogen) atoms. The number of allylic oxidation sites excluding steroid dienone is 12. The second-order valence-corrected chi connectivity index (χ2v) is 7.81. The van der Waals surface area contributed by atoms with Gasteiger partial charge in [-0.3, -0.25) is 9.59 Å². The van der Waals surface area contributed by atoms with E-state index in [4.69, 9.17) is 4.74 Å². The lowest BCUT2D eigenvalue weighted by molar-refractivity contribution is -0.161. The molecular weight excluding hydrogens is 446 g/mol. The molecule has 0 saturated heterocycles. The zero-order chi connectivity index (χ0) is 27.9. The maximum atomic E-state index is 11.8. The van der Waals surface area contributed by atoms with Gasteiger partial charge in [0.1, 0.15) is 0 Å². The normalized spacial score (nSPS) is 12.3. The number of hydrogen-bond acceptors (Lipinski definition) is 4. The van der Waals surface area contributed by atoms with Crippen molar-refractivity contribution in [1.82, 2.24) is 0 Å². The molecule has 0 radical (unpaired) electrons. The first-order chi connectivity index (χ1) is 17.5. The standard InChI is InChI=1S/C29H42O3.C2H6.CH5N/c1-5-6-7-8-9-10-11-12-13-14-15-16-17-18-19-20-21-22-23-28(30)32-29(31)27(4)25-24-26(2)3;2*1-2/h6-7,9-10,12-13,15-16,18-19,21-22,27H,2,5,8,11,14,17,20,23-25H2,1,3-4H3;1-2H3;2H2,1H3/b7-6-,10-9-,13-12-,16-15-,19-18-,22-21-;;. The molecule has 0 aromatic carbocycles. The molecule has 0 heterocycles. The summed E-state index contributed by atoms with van der Waals surface area (Å²) in [4.78, 5) is 23.6. The summed E-state index contributed by atoms with van der Waals surface area (Å²) in [5, 5.41) is 0. The van der Waals surface area contributed by atoms with Crippen LogP contribution in [-0.4, -0.2) is 19.0 Å². The topological polar surface area (TPSA) is 69.4 Å². The van der Waals surface area contributed by atoms with Crippen molar-refractivity contribution in [2.75, 3.05) is 7.05 Å². The highest BCUT2D eigenvalue weighted by Gasteiger charge is 2.17. The Hall–Kier alpha value is -2.72. The molecule has 204 valence electrons. The van der Waals surface area contributed by atoms with Gasteiger partial charge in [-0.2, -0.15) is 0 Å². The Bertz CT molecular complexity index is 709. The Kier molecular flexibility index (Phi) is 33.9. The van der Waals surface area contributed by atoms with E-state index < -0.39 is 11.9 Å². The van der Waals surface area contributed by atoms with Gasteiger partial charge in [0.05, 0.1) is 12.3 Å². The van der Waals surface area contributed by atoms with Gasteiger partial charge in [0, 0.05) is 0 Å². The van der Waals surface area contributed by atoms with Gasteiger partial charge in [0.2, 0.25) is 0 Å². The fourth-order valence-electron chi connectivity index (χ4n) is 2.54. The summed E-state index contributed by atoms with van der Waals surface area (Å²) >= 11 is 0. The first-order valence-electron chi connectivity index (χ1n) is 13.3. The number of carbonyl (C=O) groups excluding carboxylic acids is 2. The summed E-state index contributed by atoms with van der Waals surface area (Å²) in [6.07, 6.45) is 32.5. The van der Waals surface area contributed by atoms with Crippen LogP contribution in [0.2, 0.25) is 0 Å². The summed E-state index contributed by atoms with van der Waals surface area (Å²) in [6, 6.07) is 0. The van der Waals surface area contributed by atoms with E-state index in [1.165, 1.54) is 7.05 Å². The van der Waals surface area contributed by atoms with Crippen LogP contribution in [0, 0.1) is 5.92 Å². The van der Waals surface area contributed by atoms with Crippen molar-refractivity contribution in [2.24, 2.45) is 11.7 Å². The minimum atomic E-state index is -0.503. The van der Waals surface area contributed by atoms with E-state index >= 15 is 0 Å². The third-order valence-electron chi connectivity index (χ3n) is 4.50. The number of hydrogen-bond donors (Lipinski definition) is 1. The van der Waals surface area contributed by atoms with Crippen LogP contribution in [0.4, 0.5) is 0 Å². The average Bonchev–Trinajstić information content (AvgIpc) is 2.88. The second-order valence-electron chi connectivity index (χ2n) is 7.81. The Morgan fingerprint density at radius 1 is 0.750 bits per heavy atom. The third-order valence-corrected chi connectivity index (χ3v) is 4.50. The smallest absolute Gasteiger partial charge is 0.317 e. The number of nitrogens with two attached hydrogens (primary N) is 1. The number of ether oxygens (including phenoxy) is 1. The van der Waals surface area contributed by atoms with Crippen LogP contribution in [-0.2, 0) is 14.3 Å². The summed E-state index contributed by atoms with van der Waals surface area (Å²) in [5.41, 5.74) is 5.52. The van der Waals surface area contributed by atoms with E-state index in [0.717, 1.165) is 50.5 Å². The lowest BCUT2D eigenvalue weighted by Gasteiger charge is -2.09. The molecule has 1 atom stereocenters. The van der Waals surface area contributed by atoms with Crippen molar-refractivity contribution in [3.8, 4) is 0 Å². The molecule has 0 saturated carbocycles. The first-order valence-corrected chi connectivity index (χ1v) is 13.3. The molecule has 0 aliphatic rings. The predicted molar refractivity (Wildman–Crippen MR) is 159 cm³/mol. The van der Waals surface area contributed by atoms with Gasteiger partial charge in [0.15, 0.2) is 0 Å². The third kappa shape index (κ3) is 31.3. The van der Waals surface area contributed by atoms with Crippen molar-refractivity contribution in [3.63, 3.8) is 0 Å². The van der Waals surface area contributed by atoms with Gasteiger partial charge in [0.25, 0.3) is 0 Å². The molecule has 4 nitrogen and oxygen atoms in total. The molecule has 2 N–H and O–H groups in total. The van der Waals surface area contributed by atoms with Crippen molar-refractivity contribution in [2.45, 2.75) is 92.4 Å². The van der Waals surface area contributed by atoms with Crippen LogP contribution in [0.15, 0.2) is 85.1 Å². The molecule has 0 aliphatic heterocycles. The summed E-state index contributed by atoms with van der Waals surface area (Å²) in [7, 11) is 1.50. The van der Waals surface area contributed by atoms with Gasteiger partial charge in [-0.25, -0.2) is 0 Å². The van der Waals surface area contributed by atoms with Crippen LogP contribution >= 0.6 is 0 Å². The zero-order valence-electron chi connectivity index (χ0n) is 23.9. The van der Waals surface area contributed by atoms with Crippen LogP contribution in [0.25, 0.3) is 0 Å². The van der Waals surface area contributed by atoms with Gasteiger partial charge in [-0.15, -0.1) is 6.58 Å². The average molecular weight is 500 g/mol. The van der Waals surface area contributed by atoms with E-state index in [1.807, 2.05) is 26.8 Å². The fraction of sp³-hybridized carbons (Fsp3) is 0.500. The lowest BCUT2D eigenvalue weighted by Crippen LogP contribution is -2.18. The van der Waals surface area contributed by atoms with Crippen molar-refractivity contribution in [1.29, 1.82) is 0 Å². The lowest BCUT2D eigenvalue weighted by atomic mass is 10.0. The Balaban J connectivity index is -0.00000258. The van der Waals surface area contributed by atoms with Gasteiger partial charge >= 0.3 is 11.9 Å². The molecule has 0 spiro atoms. The maximum Gasteiger partial charge on any atom is 0.317 e. The Labute approximate surface area is 222 Å². The zero-order valence-corrected chi connectivity index (χ0v) is 23.9. The molecule has 0 aliphatic carbocycles. The quantitative estimate of drug-likeness (QED) is 0.123. The second kappa shape index (κ2) is 32.3. The Morgan fingerprint density at radius 2 is 1.11 bits per heavy atom. The first kappa shape index (κ1) is 37.8. The van der Waals surface area contributed by atoms with Gasteiger partial charge in [-0.1, -0.05) is 106 Å². The number of esters is 2.